The Labute approximate surface area is 121 Å². The molecule has 0 aliphatic rings. The zero-order valence-electron chi connectivity index (χ0n) is 11.3. The number of nitrogens with one attached hydrogen (secondary N) is 1. The standard InChI is InChI=1S/C16H13N5/c1-2-4-15-13(3-1)19-16(14-7-10-18-20-14)21(15)11-12-5-8-17-9-6-12/h1-10H,11H2,(H,18,20). The molecular formula is C16H13N5. The molecule has 0 saturated carbocycles. The second kappa shape index (κ2) is 4.86. The minimum atomic E-state index is 0.747. The van der Waals surface area contributed by atoms with Gasteiger partial charge in [0.1, 0.15) is 5.69 Å². The van der Waals surface area contributed by atoms with E-state index < -0.39 is 0 Å². The summed E-state index contributed by atoms with van der Waals surface area (Å²) in [5.41, 5.74) is 4.20. The molecule has 0 bridgehead atoms. The summed E-state index contributed by atoms with van der Waals surface area (Å²) in [7, 11) is 0. The molecule has 102 valence electrons. The molecule has 5 heteroatoms. The van der Waals surface area contributed by atoms with Crippen LogP contribution >= 0.6 is 0 Å². The van der Waals surface area contributed by atoms with Crippen LogP contribution in [-0.4, -0.2) is 24.7 Å². The largest absolute Gasteiger partial charge is 0.318 e. The third kappa shape index (κ3) is 2.08. The average molecular weight is 275 g/mol. The fraction of sp³-hybridized carbons (Fsp3) is 0.0625. The lowest BCUT2D eigenvalue weighted by atomic mass is 10.2. The molecule has 3 heterocycles. The molecular weight excluding hydrogens is 262 g/mol. The van der Waals surface area contributed by atoms with E-state index in [-0.39, 0.29) is 0 Å². The van der Waals surface area contributed by atoms with Gasteiger partial charge in [0.15, 0.2) is 5.82 Å². The fourth-order valence-electron chi connectivity index (χ4n) is 2.49. The van der Waals surface area contributed by atoms with E-state index in [0.29, 0.717) is 0 Å². The molecule has 0 spiro atoms. The van der Waals surface area contributed by atoms with Gasteiger partial charge >= 0.3 is 0 Å². The molecule has 0 fully saturated rings. The van der Waals surface area contributed by atoms with Crippen LogP contribution in [-0.2, 0) is 6.54 Å². The summed E-state index contributed by atoms with van der Waals surface area (Å²) in [4.78, 5) is 8.80. The van der Waals surface area contributed by atoms with Crippen molar-refractivity contribution in [2.45, 2.75) is 6.54 Å². The number of imidazole rings is 1. The quantitative estimate of drug-likeness (QED) is 0.625. The first-order valence-electron chi connectivity index (χ1n) is 6.76. The Morgan fingerprint density at radius 2 is 1.81 bits per heavy atom. The van der Waals surface area contributed by atoms with Crippen molar-refractivity contribution in [3.63, 3.8) is 0 Å². The molecule has 1 aromatic carbocycles. The summed E-state index contributed by atoms with van der Waals surface area (Å²) in [6.07, 6.45) is 5.36. The minimum Gasteiger partial charge on any atom is -0.318 e. The van der Waals surface area contributed by atoms with Gasteiger partial charge in [-0.25, -0.2) is 4.98 Å². The summed E-state index contributed by atoms with van der Waals surface area (Å²) >= 11 is 0. The van der Waals surface area contributed by atoms with Crippen molar-refractivity contribution in [3.8, 4) is 11.5 Å². The van der Waals surface area contributed by atoms with E-state index in [1.807, 2.05) is 48.8 Å². The van der Waals surface area contributed by atoms with Crippen LogP contribution in [0.1, 0.15) is 5.56 Å². The lowest BCUT2D eigenvalue weighted by Crippen LogP contribution is -2.02. The molecule has 0 atom stereocenters. The third-order valence-corrected chi connectivity index (χ3v) is 3.49. The summed E-state index contributed by atoms with van der Waals surface area (Å²) in [5.74, 6) is 0.894. The summed E-state index contributed by atoms with van der Waals surface area (Å²) < 4.78 is 2.19. The molecule has 0 aliphatic heterocycles. The predicted octanol–water partition coefficient (Wildman–Crippen LogP) is 2.87. The molecule has 0 radical (unpaired) electrons. The van der Waals surface area contributed by atoms with E-state index in [1.54, 1.807) is 6.20 Å². The van der Waals surface area contributed by atoms with Crippen molar-refractivity contribution in [2.24, 2.45) is 0 Å². The number of nitrogens with zero attached hydrogens (tertiary/aromatic N) is 4. The summed E-state index contributed by atoms with van der Waals surface area (Å²) in [6, 6.07) is 14.1. The summed E-state index contributed by atoms with van der Waals surface area (Å²) in [5, 5.41) is 7.02. The maximum absolute atomic E-state index is 4.73. The first kappa shape index (κ1) is 11.8. The first-order chi connectivity index (χ1) is 10.4. The van der Waals surface area contributed by atoms with Crippen molar-refractivity contribution in [3.05, 3.63) is 66.6 Å². The van der Waals surface area contributed by atoms with Gasteiger partial charge in [-0.15, -0.1) is 0 Å². The lowest BCUT2D eigenvalue weighted by Gasteiger charge is -2.08. The van der Waals surface area contributed by atoms with E-state index in [2.05, 4.69) is 25.8 Å². The highest BCUT2D eigenvalue weighted by Crippen LogP contribution is 2.24. The Hall–Kier alpha value is -2.95. The molecule has 0 saturated heterocycles. The number of hydrogen-bond acceptors (Lipinski definition) is 3. The zero-order valence-corrected chi connectivity index (χ0v) is 11.3. The number of pyridine rings is 1. The molecule has 4 rings (SSSR count). The highest BCUT2D eigenvalue weighted by atomic mass is 15.2. The lowest BCUT2D eigenvalue weighted by molar-refractivity contribution is 0.827. The molecule has 3 aromatic heterocycles. The van der Waals surface area contributed by atoms with Crippen LogP contribution in [0.5, 0.6) is 0 Å². The average Bonchev–Trinajstić information content (AvgIpc) is 3.16. The Bertz CT molecular complexity index is 862. The van der Waals surface area contributed by atoms with Gasteiger partial charge in [-0.1, -0.05) is 12.1 Å². The van der Waals surface area contributed by atoms with Crippen LogP contribution in [0, 0.1) is 0 Å². The number of H-pyrrole nitrogens is 1. The fourth-order valence-corrected chi connectivity index (χ4v) is 2.49. The minimum absolute atomic E-state index is 0.747. The van der Waals surface area contributed by atoms with Gasteiger partial charge in [0.2, 0.25) is 0 Å². The van der Waals surface area contributed by atoms with Crippen LogP contribution in [0.3, 0.4) is 0 Å². The van der Waals surface area contributed by atoms with Crippen molar-refractivity contribution >= 4 is 11.0 Å². The van der Waals surface area contributed by atoms with Gasteiger partial charge in [0.25, 0.3) is 0 Å². The second-order valence-corrected chi connectivity index (χ2v) is 4.84. The number of hydrogen-bond donors (Lipinski definition) is 1. The topological polar surface area (TPSA) is 59.4 Å². The molecule has 1 N–H and O–H groups in total. The number of aromatic nitrogens is 5. The van der Waals surface area contributed by atoms with Crippen molar-refractivity contribution < 1.29 is 0 Å². The van der Waals surface area contributed by atoms with Crippen LogP contribution in [0.25, 0.3) is 22.6 Å². The highest BCUT2D eigenvalue weighted by molar-refractivity contribution is 5.80. The predicted molar refractivity (Wildman–Crippen MR) is 80.7 cm³/mol. The molecule has 4 aromatic rings. The van der Waals surface area contributed by atoms with Gasteiger partial charge in [-0.2, -0.15) is 5.10 Å². The number of fused-ring (bicyclic) bond motifs is 1. The first-order valence-corrected chi connectivity index (χ1v) is 6.76. The maximum Gasteiger partial charge on any atom is 0.159 e. The van der Waals surface area contributed by atoms with Crippen molar-refractivity contribution in [2.75, 3.05) is 0 Å². The van der Waals surface area contributed by atoms with Crippen LogP contribution < -0.4 is 0 Å². The van der Waals surface area contributed by atoms with Crippen LogP contribution in [0.15, 0.2) is 61.1 Å². The summed E-state index contributed by atoms with van der Waals surface area (Å²) in [6.45, 7) is 0.747. The zero-order chi connectivity index (χ0) is 14.1. The normalized spacial score (nSPS) is 11.0. The third-order valence-electron chi connectivity index (χ3n) is 3.49. The van der Waals surface area contributed by atoms with E-state index >= 15 is 0 Å². The molecule has 5 nitrogen and oxygen atoms in total. The number of benzene rings is 1. The van der Waals surface area contributed by atoms with Gasteiger partial charge in [-0.05, 0) is 35.9 Å². The molecule has 21 heavy (non-hydrogen) atoms. The highest BCUT2D eigenvalue weighted by Gasteiger charge is 2.13. The van der Waals surface area contributed by atoms with Crippen molar-refractivity contribution in [1.29, 1.82) is 0 Å². The molecule has 0 aliphatic carbocycles. The second-order valence-electron chi connectivity index (χ2n) is 4.84. The number of para-hydroxylation sites is 2. The van der Waals surface area contributed by atoms with E-state index in [4.69, 9.17) is 4.98 Å². The Morgan fingerprint density at radius 3 is 2.62 bits per heavy atom. The molecule has 0 unspecified atom stereocenters. The van der Waals surface area contributed by atoms with Crippen LogP contribution in [0.2, 0.25) is 0 Å². The maximum atomic E-state index is 4.73. The SMILES string of the molecule is c1ccc2c(c1)nc(-c1ccn[nH]1)n2Cc1ccncc1. The van der Waals surface area contributed by atoms with Gasteiger partial charge in [0.05, 0.1) is 11.0 Å². The van der Waals surface area contributed by atoms with E-state index in [1.165, 1.54) is 5.56 Å². The Kier molecular flexibility index (Phi) is 2.74. The van der Waals surface area contributed by atoms with Gasteiger partial charge in [0, 0.05) is 25.1 Å². The van der Waals surface area contributed by atoms with Crippen molar-refractivity contribution in [1.82, 2.24) is 24.7 Å². The number of aromatic amines is 1. The smallest absolute Gasteiger partial charge is 0.159 e. The van der Waals surface area contributed by atoms with E-state index in [0.717, 1.165) is 29.1 Å². The number of rotatable bonds is 3. The van der Waals surface area contributed by atoms with Gasteiger partial charge < -0.3 is 4.57 Å². The van der Waals surface area contributed by atoms with Gasteiger partial charge in [-0.3, -0.25) is 10.1 Å². The molecule has 0 amide bonds. The Balaban J connectivity index is 1.91. The Morgan fingerprint density at radius 1 is 0.952 bits per heavy atom. The van der Waals surface area contributed by atoms with E-state index in [9.17, 15) is 0 Å². The monoisotopic (exact) mass is 275 g/mol. The van der Waals surface area contributed by atoms with Crippen LogP contribution in [0.4, 0.5) is 0 Å².